The van der Waals surface area contributed by atoms with Gasteiger partial charge in [0, 0.05) is 26.2 Å². The number of aliphatic hydroxyl groups excluding tert-OH is 1. The zero-order valence-corrected chi connectivity index (χ0v) is 21.0. The van der Waals surface area contributed by atoms with Crippen LogP contribution in [-0.4, -0.2) is 79.8 Å². The van der Waals surface area contributed by atoms with Crippen LogP contribution >= 0.6 is 0 Å². The lowest BCUT2D eigenvalue weighted by atomic mass is 9.75. The second kappa shape index (κ2) is 12.1. The summed E-state index contributed by atoms with van der Waals surface area (Å²) in [7, 11) is 1.57. The molecule has 194 valence electrons. The van der Waals surface area contributed by atoms with Gasteiger partial charge in [0.05, 0.1) is 19.2 Å². The monoisotopic (exact) mass is 496 g/mol. The van der Waals surface area contributed by atoms with Crippen molar-refractivity contribution >= 4 is 11.8 Å². The van der Waals surface area contributed by atoms with Gasteiger partial charge in [0.25, 0.3) is 11.8 Å². The van der Waals surface area contributed by atoms with E-state index in [1.165, 1.54) is 0 Å². The number of hydrogen-bond donors (Lipinski definition) is 1. The van der Waals surface area contributed by atoms with E-state index in [4.69, 9.17) is 14.2 Å². The van der Waals surface area contributed by atoms with Crippen LogP contribution in [0.5, 0.6) is 17.2 Å². The maximum atomic E-state index is 13.3. The standard InChI is InChI=1S/C28H36N2O6/c1-34-24-10-4-5-11-25(24)36-20-26(32)29-15-7-6-12-28(21-31)13-16-30(17-14-28)27(33)22-8-2-3-9-23(22)35-19-18-29/h2-5,8-11,31H,6-7,12-21H2,1H3. The number of hydrogen-bond acceptors (Lipinski definition) is 6. The number of aliphatic hydroxyl groups is 1. The van der Waals surface area contributed by atoms with Gasteiger partial charge in [-0.25, -0.2) is 0 Å². The molecule has 0 saturated carbocycles. The largest absolute Gasteiger partial charge is 0.493 e. The zero-order valence-electron chi connectivity index (χ0n) is 21.0. The number of rotatable bonds is 5. The van der Waals surface area contributed by atoms with Crippen molar-refractivity contribution in [1.29, 1.82) is 0 Å². The molecular weight excluding hydrogens is 460 g/mol. The van der Waals surface area contributed by atoms with Gasteiger partial charge in [-0.1, -0.05) is 30.7 Å². The number of benzene rings is 2. The van der Waals surface area contributed by atoms with Crippen LogP contribution in [0.25, 0.3) is 0 Å². The van der Waals surface area contributed by atoms with Crippen LogP contribution in [0.2, 0.25) is 0 Å². The maximum Gasteiger partial charge on any atom is 0.260 e. The number of methoxy groups -OCH3 is 1. The molecule has 0 unspecified atom stereocenters. The highest BCUT2D eigenvalue weighted by atomic mass is 16.5. The van der Waals surface area contributed by atoms with E-state index in [9.17, 15) is 14.7 Å². The molecule has 8 nitrogen and oxygen atoms in total. The molecule has 0 aliphatic carbocycles. The Kier molecular flexibility index (Phi) is 8.70. The first kappa shape index (κ1) is 25.8. The lowest BCUT2D eigenvalue weighted by Crippen LogP contribution is -2.44. The molecule has 0 spiro atoms. The Labute approximate surface area is 212 Å². The van der Waals surface area contributed by atoms with Gasteiger partial charge in [-0.05, 0) is 55.4 Å². The molecule has 1 N–H and O–H groups in total. The smallest absolute Gasteiger partial charge is 0.260 e. The number of amides is 2. The molecule has 1 fully saturated rings. The lowest BCUT2D eigenvalue weighted by Gasteiger charge is -2.41. The van der Waals surface area contributed by atoms with Crippen LogP contribution in [0.15, 0.2) is 48.5 Å². The third-order valence-electron chi connectivity index (χ3n) is 7.34. The van der Waals surface area contributed by atoms with Crippen LogP contribution in [0.1, 0.15) is 42.5 Å². The molecule has 0 radical (unpaired) electrons. The summed E-state index contributed by atoms with van der Waals surface area (Å²) < 4.78 is 17.1. The van der Waals surface area contributed by atoms with E-state index in [0.717, 1.165) is 32.1 Å². The fourth-order valence-corrected chi connectivity index (χ4v) is 5.01. The average molecular weight is 497 g/mol. The molecule has 5 rings (SSSR count). The minimum Gasteiger partial charge on any atom is -0.493 e. The molecule has 8 heteroatoms. The summed E-state index contributed by atoms with van der Waals surface area (Å²) in [4.78, 5) is 30.0. The highest BCUT2D eigenvalue weighted by Gasteiger charge is 2.36. The summed E-state index contributed by atoms with van der Waals surface area (Å²) in [5.74, 6) is 1.43. The number of carbonyl (C=O) groups excluding carboxylic acids is 2. The van der Waals surface area contributed by atoms with Crippen molar-refractivity contribution in [2.24, 2.45) is 5.41 Å². The molecule has 0 atom stereocenters. The van der Waals surface area contributed by atoms with E-state index in [2.05, 4.69) is 0 Å². The molecule has 2 amide bonds. The molecular formula is C28H36N2O6. The SMILES string of the molecule is COc1ccccc1OCC(=O)N1CCCCC2(CO)CCN(CC2)C(=O)c2ccccc2OCC1. The highest BCUT2D eigenvalue weighted by Crippen LogP contribution is 2.37. The summed E-state index contributed by atoms with van der Waals surface area (Å²) in [6, 6.07) is 14.5. The van der Waals surface area contributed by atoms with Gasteiger partial charge < -0.3 is 29.1 Å². The van der Waals surface area contributed by atoms with Gasteiger partial charge in [0.1, 0.15) is 12.4 Å². The molecule has 3 aliphatic rings. The Morgan fingerprint density at radius 3 is 2.44 bits per heavy atom. The van der Waals surface area contributed by atoms with Crippen molar-refractivity contribution in [3.8, 4) is 17.2 Å². The van der Waals surface area contributed by atoms with Crippen molar-refractivity contribution in [1.82, 2.24) is 9.80 Å². The molecule has 3 aliphatic heterocycles. The number of fused-ring (bicyclic) bond motifs is 9. The maximum absolute atomic E-state index is 13.3. The molecule has 0 aromatic heterocycles. The second-order valence-electron chi connectivity index (χ2n) is 9.57. The third-order valence-corrected chi connectivity index (χ3v) is 7.34. The normalized spacial score (nSPS) is 18.4. The van der Waals surface area contributed by atoms with Crippen molar-refractivity contribution in [2.45, 2.75) is 32.1 Å². The Morgan fingerprint density at radius 2 is 1.69 bits per heavy atom. The van der Waals surface area contributed by atoms with Gasteiger partial charge in [-0.2, -0.15) is 0 Å². The highest BCUT2D eigenvalue weighted by molar-refractivity contribution is 5.97. The van der Waals surface area contributed by atoms with Crippen LogP contribution in [0.3, 0.4) is 0 Å². The van der Waals surface area contributed by atoms with Crippen molar-refractivity contribution in [3.05, 3.63) is 54.1 Å². The summed E-state index contributed by atoms with van der Waals surface area (Å²) >= 11 is 0. The number of ether oxygens (including phenoxy) is 3. The summed E-state index contributed by atoms with van der Waals surface area (Å²) in [6.07, 6.45) is 4.13. The first-order valence-corrected chi connectivity index (χ1v) is 12.7. The van der Waals surface area contributed by atoms with Crippen LogP contribution in [0, 0.1) is 5.41 Å². The summed E-state index contributed by atoms with van der Waals surface area (Å²) in [5.41, 5.74) is 0.357. The van der Waals surface area contributed by atoms with E-state index < -0.39 is 0 Å². The Balaban J connectivity index is 1.48. The lowest BCUT2D eigenvalue weighted by molar-refractivity contribution is -0.133. The van der Waals surface area contributed by atoms with Crippen molar-refractivity contribution < 1.29 is 28.9 Å². The van der Waals surface area contributed by atoms with Gasteiger partial charge in [0.15, 0.2) is 18.1 Å². The Hall–Kier alpha value is -3.26. The Morgan fingerprint density at radius 1 is 0.972 bits per heavy atom. The molecule has 3 heterocycles. The third kappa shape index (κ3) is 6.10. The molecule has 2 aromatic rings. The fraction of sp³-hybridized carbons (Fsp3) is 0.500. The first-order valence-electron chi connectivity index (χ1n) is 12.7. The number of para-hydroxylation sites is 3. The van der Waals surface area contributed by atoms with Gasteiger partial charge in [-0.3, -0.25) is 9.59 Å². The summed E-state index contributed by atoms with van der Waals surface area (Å²) in [5, 5.41) is 10.2. The van der Waals surface area contributed by atoms with Crippen LogP contribution < -0.4 is 14.2 Å². The topological polar surface area (TPSA) is 88.5 Å². The van der Waals surface area contributed by atoms with Crippen LogP contribution in [0.4, 0.5) is 0 Å². The quantitative estimate of drug-likeness (QED) is 0.683. The predicted octanol–water partition coefficient (Wildman–Crippen LogP) is 3.38. The minimum atomic E-state index is -0.172. The van der Waals surface area contributed by atoms with Crippen molar-refractivity contribution in [3.63, 3.8) is 0 Å². The van der Waals surface area contributed by atoms with E-state index in [1.54, 1.807) is 36.3 Å². The van der Waals surface area contributed by atoms with Crippen molar-refractivity contribution in [2.75, 3.05) is 53.1 Å². The van der Waals surface area contributed by atoms with Gasteiger partial charge >= 0.3 is 0 Å². The van der Waals surface area contributed by atoms with E-state index >= 15 is 0 Å². The second-order valence-corrected chi connectivity index (χ2v) is 9.57. The average Bonchev–Trinajstić information content (AvgIpc) is 2.93. The Bertz CT molecular complexity index is 1030. The van der Waals surface area contributed by atoms with Gasteiger partial charge in [0.2, 0.25) is 0 Å². The predicted molar refractivity (Wildman–Crippen MR) is 136 cm³/mol. The first-order chi connectivity index (χ1) is 17.5. The molecule has 2 aromatic carbocycles. The number of carbonyl (C=O) groups is 2. The minimum absolute atomic E-state index is 0.0508. The number of nitrogens with zero attached hydrogens (tertiary/aromatic N) is 2. The number of piperidine rings is 1. The molecule has 2 bridgehead atoms. The fourth-order valence-electron chi connectivity index (χ4n) is 5.01. The van der Waals surface area contributed by atoms with Gasteiger partial charge in [-0.15, -0.1) is 0 Å². The molecule has 36 heavy (non-hydrogen) atoms. The van der Waals surface area contributed by atoms with E-state index in [-0.39, 0.29) is 37.0 Å². The van der Waals surface area contributed by atoms with E-state index in [0.29, 0.717) is 49.0 Å². The summed E-state index contributed by atoms with van der Waals surface area (Å²) in [6.45, 7) is 2.48. The van der Waals surface area contributed by atoms with Crippen LogP contribution in [-0.2, 0) is 4.79 Å². The zero-order chi connectivity index (χ0) is 25.4. The molecule has 1 saturated heterocycles. The van der Waals surface area contributed by atoms with E-state index in [1.807, 2.05) is 29.2 Å².